The molecule has 0 spiro atoms. The van der Waals surface area contributed by atoms with E-state index in [4.69, 9.17) is 14.4 Å². The number of nitrogens with zero attached hydrogens (tertiary/aromatic N) is 4. The van der Waals surface area contributed by atoms with Gasteiger partial charge in [0.05, 0.1) is 18.5 Å². The van der Waals surface area contributed by atoms with Crippen molar-refractivity contribution in [3.63, 3.8) is 0 Å². The highest BCUT2D eigenvalue weighted by Gasteiger charge is 2.37. The van der Waals surface area contributed by atoms with E-state index >= 15 is 0 Å². The molecule has 0 radical (unpaired) electrons. The smallest absolute Gasteiger partial charge is 0.192 e. The molecule has 2 aromatic carbocycles. The molecule has 166 valence electrons. The van der Waals surface area contributed by atoms with Gasteiger partial charge in [-0.2, -0.15) is 0 Å². The molecule has 0 fully saturated rings. The zero-order valence-corrected chi connectivity index (χ0v) is 21.4. The Morgan fingerprint density at radius 2 is 1.75 bits per heavy atom. The minimum atomic E-state index is -1.91. The van der Waals surface area contributed by atoms with Gasteiger partial charge in [0, 0.05) is 11.8 Å². The highest BCUT2D eigenvalue weighted by molar-refractivity contribution is 7.98. The number of imidazole rings is 1. The molecule has 0 N–H and O–H groups in total. The Morgan fingerprint density at radius 3 is 2.47 bits per heavy atom. The number of hydrogen-bond acceptors (Lipinski definition) is 5. The predicted octanol–water partition coefficient (Wildman–Crippen LogP) is 6.73. The molecular weight excluding hydrogens is 432 g/mol. The van der Waals surface area contributed by atoms with Crippen LogP contribution >= 0.6 is 11.8 Å². The quantitative estimate of drug-likeness (QED) is 0.181. The van der Waals surface area contributed by atoms with E-state index in [-0.39, 0.29) is 5.04 Å². The summed E-state index contributed by atoms with van der Waals surface area (Å²) in [5.74, 6) is 1.66. The SMILES string of the molecule is CSc1nccc(-n2c(CO[Si](C)(C)C(C)(C)C)cnc2-c2ccc3ccccc3c2)n1. The summed E-state index contributed by atoms with van der Waals surface area (Å²) in [6.45, 7) is 11.8. The van der Waals surface area contributed by atoms with E-state index in [1.165, 1.54) is 22.5 Å². The molecule has 0 saturated heterocycles. The van der Waals surface area contributed by atoms with Crippen LogP contribution in [0.2, 0.25) is 18.1 Å². The van der Waals surface area contributed by atoms with Crippen molar-refractivity contribution in [2.75, 3.05) is 6.26 Å². The summed E-state index contributed by atoms with van der Waals surface area (Å²) in [6, 6.07) is 16.8. The van der Waals surface area contributed by atoms with Gasteiger partial charge in [0.15, 0.2) is 13.5 Å². The second-order valence-electron chi connectivity index (χ2n) is 9.42. The van der Waals surface area contributed by atoms with E-state index in [9.17, 15) is 0 Å². The monoisotopic (exact) mass is 462 g/mol. The van der Waals surface area contributed by atoms with E-state index in [1.807, 2.05) is 18.5 Å². The van der Waals surface area contributed by atoms with Crippen molar-refractivity contribution >= 4 is 30.9 Å². The number of benzene rings is 2. The third kappa shape index (κ3) is 4.51. The van der Waals surface area contributed by atoms with Crippen LogP contribution in [-0.2, 0) is 11.0 Å². The van der Waals surface area contributed by atoms with Crippen LogP contribution in [0.15, 0.2) is 66.1 Å². The maximum Gasteiger partial charge on any atom is 0.192 e. The molecule has 5 nitrogen and oxygen atoms in total. The fraction of sp³-hybridized carbons (Fsp3) is 0.320. The van der Waals surface area contributed by atoms with Gasteiger partial charge >= 0.3 is 0 Å². The highest BCUT2D eigenvalue weighted by Crippen LogP contribution is 2.37. The summed E-state index contributed by atoms with van der Waals surface area (Å²) in [5.41, 5.74) is 2.04. The van der Waals surface area contributed by atoms with Crippen LogP contribution in [0.4, 0.5) is 0 Å². The summed E-state index contributed by atoms with van der Waals surface area (Å²) in [7, 11) is -1.91. The minimum absolute atomic E-state index is 0.139. The van der Waals surface area contributed by atoms with E-state index in [1.54, 1.807) is 6.20 Å². The standard InChI is InChI=1S/C25H30N4OSSi/c1-25(2,3)32(5,6)30-17-21-16-27-23(29(21)22-13-14-26-24(28-22)31-4)20-12-11-18-9-7-8-10-19(18)15-20/h7-16H,17H2,1-6H3. The fourth-order valence-electron chi connectivity index (χ4n) is 3.30. The number of thioether (sulfide) groups is 1. The van der Waals surface area contributed by atoms with Crippen molar-refractivity contribution in [1.29, 1.82) is 0 Å². The molecule has 0 bridgehead atoms. The Kier molecular flexibility index (Phi) is 6.25. The van der Waals surface area contributed by atoms with Crippen LogP contribution in [0.25, 0.3) is 28.0 Å². The molecule has 2 aromatic heterocycles. The minimum Gasteiger partial charge on any atom is -0.411 e. The number of hydrogen-bond donors (Lipinski definition) is 0. The second-order valence-corrected chi connectivity index (χ2v) is 15.0. The molecule has 4 aromatic rings. The second kappa shape index (κ2) is 8.81. The summed E-state index contributed by atoms with van der Waals surface area (Å²) < 4.78 is 8.66. The third-order valence-corrected chi connectivity index (χ3v) is 11.3. The molecule has 0 amide bonds. The first kappa shape index (κ1) is 22.7. The van der Waals surface area contributed by atoms with Gasteiger partial charge in [0.25, 0.3) is 0 Å². The van der Waals surface area contributed by atoms with Gasteiger partial charge in [0.1, 0.15) is 11.6 Å². The number of aromatic nitrogens is 4. The Balaban J connectivity index is 1.81. The molecular formula is C25H30N4OSSi. The lowest BCUT2D eigenvalue weighted by molar-refractivity contribution is 0.270. The van der Waals surface area contributed by atoms with E-state index < -0.39 is 8.32 Å². The Morgan fingerprint density at radius 1 is 1.00 bits per heavy atom. The fourth-order valence-corrected chi connectivity index (χ4v) is 4.60. The third-order valence-electron chi connectivity index (χ3n) is 6.26. The zero-order valence-electron chi connectivity index (χ0n) is 19.6. The topological polar surface area (TPSA) is 52.8 Å². The molecule has 2 heterocycles. The number of fused-ring (bicyclic) bond motifs is 1. The predicted molar refractivity (Wildman–Crippen MR) is 136 cm³/mol. The van der Waals surface area contributed by atoms with Crippen LogP contribution in [0.1, 0.15) is 26.5 Å². The lowest BCUT2D eigenvalue weighted by Gasteiger charge is -2.36. The van der Waals surface area contributed by atoms with Crippen molar-refractivity contribution in [3.05, 3.63) is 66.6 Å². The van der Waals surface area contributed by atoms with Crippen molar-refractivity contribution in [2.45, 2.75) is 50.7 Å². The molecule has 32 heavy (non-hydrogen) atoms. The van der Waals surface area contributed by atoms with Crippen LogP contribution < -0.4 is 0 Å². The lowest BCUT2D eigenvalue weighted by atomic mass is 10.1. The first-order chi connectivity index (χ1) is 15.2. The zero-order chi connectivity index (χ0) is 22.9. The average Bonchev–Trinajstić information content (AvgIpc) is 3.21. The molecule has 0 aliphatic carbocycles. The Bertz CT molecular complexity index is 1250. The Labute approximate surface area is 195 Å². The molecule has 7 heteroatoms. The molecule has 0 aliphatic heterocycles. The van der Waals surface area contributed by atoms with Gasteiger partial charge in [-0.15, -0.1) is 0 Å². The summed E-state index contributed by atoms with van der Waals surface area (Å²) in [6.07, 6.45) is 5.70. The summed E-state index contributed by atoms with van der Waals surface area (Å²) in [4.78, 5) is 13.9. The van der Waals surface area contributed by atoms with Gasteiger partial charge < -0.3 is 4.43 Å². The first-order valence-corrected chi connectivity index (χ1v) is 14.9. The highest BCUT2D eigenvalue weighted by atomic mass is 32.2. The number of rotatable bonds is 6. The molecule has 0 unspecified atom stereocenters. The molecule has 4 rings (SSSR count). The van der Waals surface area contributed by atoms with Crippen LogP contribution in [0.5, 0.6) is 0 Å². The summed E-state index contributed by atoms with van der Waals surface area (Å²) >= 11 is 1.53. The molecule has 0 aliphatic rings. The van der Waals surface area contributed by atoms with Gasteiger partial charge in [-0.25, -0.2) is 15.0 Å². The van der Waals surface area contributed by atoms with Crippen LogP contribution in [0.3, 0.4) is 0 Å². The van der Waals surface area contributed by atoms with Crippen LogP contribution in [-0.4, -0.2) is 34.1 Å². The van der Waals surface area contributed by atoms with Gasteiger partial charge in [-0.05, 0) is 47.3 Å². The van der Waals surface area contributed by atoms with E-state index in [0.717, 1.165) is 28.1 Å². The Hall–Kier alpha value is -2.48. The first-order valence-electron chi connectivity index (χ1n) is 10.8. The average molecular weight is 463 g/mol. The van der Waals surface area contributed by atoms with Crippen molar-refractivity contribution in [2.24, 2.45) is 0 Å². The van der Waals surface area contributed by atoms with Crippen molar-refractivity contribution < 1.29 is 4.43 Å². The van der Waals surface area contributed by atoms with Crippen LogP contribution in [0, 0.1) is 0 Å². The van der Waals surface area contributed by atoms with E-state index in [2.05, 4.69) is 85.9 Å². The summed E-state index contributed by atoms with van der Waals surface area (Å²) in [5, 5.41) is 3.27. The van der Waals surface area contributed by atoms with Gasteiger partial charge in [0.2, 0.25) is 0 Å². The van der Waals surface area contributed by atoms with Crippen molar-refractivity contribution in [3.8, 4) is 17.2 Å². The van der Waals surface area contributed by atoms with Gasteiger partial charge in [-0.3, -0.25) is 4.57 Å². The maximum absolute atomic E-state index is 6.55. The van der Waals surface area contributed by atoms with Crippen molar-refractivity contribution in [1.82, 2.24) is 19.5 Å². The lowest BCUT2D eigenvalue weighted by Crippen LogP contribution is -2.40. The van der Waals surface area contributed by atoms with E-state index in [0.29, 0.717) is 6.61 Å². The largest absolute Gasteiger partial charge is 0.411 e. The molecule has 0 atom stereocenters. The molecule has 0 saturated carbocycles. The van der Waals surface area contributed by atoms with Gasteiger partial charge in [-0.1, -0.05) is 68.9 Å². The normalized spacial score (nSPS) is 12.4. The maximum atomic E-state index is 6.55.